The highest BCUT2D eigenvalue weighted by Gasteiger charge is 2.28. The van der Waals surface area contributed by atoms with Gasteiger partial charge in [0.05, 0.1) is 6.61 Å². The van der Waals surface area contributed by atoms with Gasteiger partial charge in [-0.2, -0.15) is 0 Å². The van der Waals surface area contributed by atoms with Gasteiger partial charge >= 0.3 is 0 Å². The van der Waals surface area contributed by atoms with Gasteiger partial charge in [0, 0.05) is 22.1 Å². The molecule has 0 N–H and O–H groups in total. The van der Waals surface area contributed by atoms with E-state index < -0.39 is 0 Å². The number of allylic oxidation sites excluding steroid dienone is 4. The average Bonchev–Trinajstić information content (AvgIpc) is 3.06. The minimum absolute atomic E-state index is 0.358. The van der Waals surface area contributed by atoms with E-state index in [1.165, 1.54) is 16.0 Å². The molecule has 1 aliphatic carbocycles. The molecule has 0 aromatic heterocycles. The minimum atomic E-state index is 0.358. The Bertz CT molecular complexity index is 733. The second-order valence-corrected chi connectivity index (χ2v) is 7.12. The summed E-state index contributed by atoms with van der Waals surface area (Å²) in [5, 5.41) is 0. The molecule has 0 spiro atoms. The number of hydrogen-bond acceptors (Lipinski definition) is 2. The van der Waals surface area contributed by atoms with Crippen molar-refractivity contribution in [1.82, 2.24) is 0 Å². The van der Waals surface area contributed by atoms with Gasteiger partial charge in [-0.25, -0.2) is 0 Å². The van der Waals surface area contributed by atoms with E-state index >= 15 is 0 Å². The van der Waals surface area contributed by atoms with Gasteiger partial charge in [0.15, 0.2) is 0 Å². The lowest BCUT2D eigenvalue weighted by Gasteiger charge is -2.16. The van der Waals surface area contributed by atoms with Crippen LogP contribution in [0.2, 0.25) is 0 Å². The number of benzene rings is 2. The molecule has 0 bridgehead atoms. The van der Waals surface area contributed by atoms with E-state index in [0.29, 0.717) is 11.8 Å². The van der Waals surface area contributed by atoms with E-state index in [1.807, 2.05) is 11.8 Å². The largest absolute Gasteiger partial charge is 0.492 e. The topological polar surface area (TPSA) is 9.23 Å². The molecule has 2 aromatic carbocycles. The first-order valence-corrected chi connectivity index (χ1v) is 9.17. The second-order valence-electron chi connectivity index (χ2n) is 6.06. The van der Waals surface area contributed by atoms with Crippen LogP contribution < -0.4 is 4.74 Å². The maximum absolute atomic E-state index is 5.96. The summed E-state index contributed by atoms with van der Waals surface area (Å²) in [6.45, 7) is 0.753. The van der Waals surface area contributed by atoms with Crippen molar-refractivity contribution in [3.8, 4) is 5.75 Å². The summed E-state index contributed by atoms with van der Waals surface area (Å²) >= 11 is 1.97. The quantitative estimate of drug-likeness (QED) is 0.694. The lowest BCUT2D eigenvalue weighted by atomic mass is 9.93. The first-order chi connectivity index (χ1) is 11.4. The molecule has 2 unspecified atom stereocenters. The van der Waals surface area contributed by atoms with Crippen molar-refractivity contribution in [3.63, 3.8) is 0 Å². The second kappa shape index (κ2) is 6.67. The Labute approximate surface area is 142 Å². The molecule has 1 aliphatic heterocycles. The fourth-order valence-electron chi connectivity index (χ4n) is 3.28. The van der Waals surface area contributed by atoms with Gasteiger partial charge < -0.3 is 4.74 Å². The third-order valence-corrected chi connectivity index (χ3v) is 5.77. The van der Waals surface area contributed by atoms with Crippen molar-refractivity contribution in [2.45, 2.75) is 17.2 Å². The first kappa shape index (κ1) is 14.6. The Balaban J connectivity index is 1.58. The summed E-state index contributed by atoms with van der Waals surface area (Å²) in [6.07, 6.45) is 10.0. The average molecular weight is 320 g/mol. The van der Waals surface area contributed by atoms with E-state index in [9.17, 15) is 0 Å². The molecule has 4 rings (SSSR count). The predicted octanol–water partition coefficient (Wildman–Crippen LogP) is 5.44. The zero-order valence-electron chi connectivity index (χ0n) is 13.0. The molecule has 2 aromatic rings. The summed E-state index contributed by atoms with van der Waals surface area (Å²) in [5.74, 6) is 3.18. The van der Waals surface area contributed by atoms with Crippen molar-refractivity contribution in [2.24, 2.45) is 5.92 Å². The van der Waals surface area contributed by atoms with E-state index in [4.69, 9.17) is 4.74 Å². The molecule has 116 valence electrons. The summed E-state index contributed by atoms with van der Waals surface area (Å²) < 4.78 is 5.96. The monoisotopic (exact) mass is 320 g/mol. The van der Waals surface area contributed by atoms with Crippen LogP contribution in [0.1, 0.15) is 23.5 Å². The Morgan fingerprint density at radius 3 is 2.74 bits per heavy atom. The molecule has 23 heavy (non-hydrogen) atoms. The number of hydrogen-bond donors (Lipinski definition) is 0. The third-order valence-electron chi connectivity index (χ3n) is 4.50. The molecule has 0 fully saturated rings. The highest BCUT2D eigenvalue weighted by molar-refractivity contribution is 7.99. The fourth-order valence-corrected chi connectivity index (χ4v) is 4.49. The third kappa shape index (κ3) is 3.09. The Hall–Kier alpha value is -1.93. The predicted molar refractivity (Wildman–Crippen MR) is 97.3 cm³/mol. The number of rotatable bonds is 4. The van der Waals surface area contributed by atoms with E-state index in [2.05, 4.69) is 72.8 Å². The zero-order valence-corrected chi connectivity index (χ0v) is 13.8. The Kier molecular flexibility index (Phi) is 4.25. The highest BCUT2D eigenvalue weighted by atomic mass is 32.2. The summed E-state index contributed by atoms with van der Waals surface area (Å²) in [4.78, 5) is 1.37. The lowest BCUT2D eigenvalue weighted by Crippen LogP contribution is -2.04. The highest BCUT2D eigenvalue weighted by Crippen LogP contribution is 2.44. The van der Waals surface area contributed by atoms with Crippen LogP contribution in [0.15, 0.2) is 77.7 Å². The molecule has 2 aliphatic rings. The SMILES string of the molecule is C1=CCC(CSc2cccc3c2C(c2ccccc2)CO3)C=C1. The van der Waals surface area contributed by atoms with Crippen LogP contribution in [0.25, 0.3) is 0 Å². The van der Waals surface area contributed by atoms with E-state index in [-0.39, 0.29) is 0 Å². The summed E-state index contributed by atoms with van der Waals surface area (Å²) in [6, 6.07) is 17.2. The molecule has 0 radical (unpaired) electrons. The van der Waals surface area contributed by atoms with E-state index in [1.54, 1.807) is 0 Å². The first-order valence-electron chi connectivity index (χ1n) is 8.18. The van der Waals surface area contributed by atoms with Gasteiger partial charge in [-0.05, 0) is 30.0 Å². The molecule has 1 nitrogen and oxygen atoms in total. The smallest absolute Gasteiger partial charge is 0.124 e. The maximum Gasteiger partial charge on any atom is 0.124 e. The number of fused-ring (bicyclic) bond motifs is 1. The number of thioether (sulfide) groups is 1. The molecule has 2 heteroatoms. The van der Waals surface area contributed by atoms with Crippen LogP contribution in [-0.4, -0.2) is 12.4 Å². The normalized spacial score (nSPS) is 21.9. The Morgan fingerprint density at radius 1 is 1.00 bits per heavy atom. The van der Waals surface area contributed by atoms with Crippen molar-refractivity contribution >= 4 is 11.8 Å². The molecule has 2 atom stereocenters. The van der Waals surface area contributed by atoms with Gasteiger partial charge in [0.1, 0.15) is 5.75 Å². The van der Waals surface area contributed by atoms with Crippen LogP contribution >= 0.6 is 11.8 Å². The van der Waals surface area contributed by atoms with Gasteiger partial charge in [-0.1, -0.05) is 60.7 Å². The lowest BCUT2D eigenvalue weighted by molar-refractivity contribution is 0.343. The number of ether oxygens (including phenoxy) is 1. The van der Waals surface area contributed by atoms with Crippen molar-refractivity contribution < 1.29 is 4.74 Å². The van der Waals surface area contributed by atoms with Crippen molar-refractivity contribution in [3.05, 3.63) is 84.0 Å². The summed E-state index contributed by atoms with van der Waals surface area (Å²) in [7, 11) is 0. The maximum atomic E-state index is 5.96. The van der Waals surface area contributed by atoms with Crippen LogP contribution in [0.4, 0.5) is 0 Å². The van der Waals surface area contributed by atoms with Crippen molar-refractivity contribution in [1.29, 1.82) is 0 Å². The molecule has 0 saturated carbocycles. The molecule has 1 heterocycles. The molecule has 0 saturated heterocycles. The fraction of sp³-hybridized carbons (Fsp3) is 0.238. The van der Waals surface area contributed by atoms with Crippen LogP contribution in [0.3, 0.4) is 0 Å². The van der Waals surface area contributed by atoms with Gasteiger partial charge in [0.2, 0.25) is 0 Å². The van der Waals surface area contributed by atoms with Crippen LogP contribution in [0.5, 0.6) is 5.75 Å². The van der Waals surface area contributed by atoms with Gasteiger partial charge in [-0.15, -0.1) is 11.8 Å². The Morgan fingerprint density at radius 2 is 1.91 bits per heavy atom. The van der Waals surface area contributed by atoms with E-state index in [0.717, 1.165) is 24.5 Å². The minimum Gasteiger partial charge on any atom is -0.492 e. The van der Waals surface area contributed by atoms with Gasteiger partial charge in [-0.3, -0.25) is 0 Å². The molecule has 0 amide bonds. The van der Waals surface area contributed by atoms with Crippen LogP contribution in [-0.2, 0) is 0 Å². The molecular weight excluding hydrogens is 300 g/mol. The van der Waals surface area contributed by atoms with Gasteiger partial charge in [0.25, 0.3) is 0 Å². The standard InChI is InChI=1S/C21H20OS/c1-3-8-16(9-4-1)15-23-20-13-7-12-19-21(20)18(14-22-19)17-10-5-2-6-11-17/h1-8,10-13,16,18H,9,14-15H2. The molecular formula is C21H20OS. The van der Waals surface area contributed by atoms with Crippen molar-refractivity contribution in [2.75, 3.05) is 12.4 Å². The zero-order chi connectivity index (χ0) is 15.5. The van der Waals surface area contributed by atoms with Crippen LogP contribution in [0, 0.1) is 5.92 Å². The summed E-state index contributed by atoms with van der Waals surface area (Å²) in [5.41, 5.74) is 2.72.